The first-order valence-corrected chi connectivity index (χ1v) is 8.16. The molecule has 0 saturated carbocycles. The lowest BCUT2D eigenvalue weighted by Gasteiger charge is -2.23. The normalized spacial score (nSPS) is 19.7. The van der Waals surface area contributed by atoms with Crippen LogP contribution in [0.2, 0.25) is 0 Å². The molecule has 0 fully saturated rings. The maximum atomic E-state index is 3.52. The number of thioether (sulfide) groups is 1. The minimum absolute atomic E-state index is 0.541. The van der Waals surface area contributed by atoms with E-state index >= 15 is 0 Å². The minimum atomic E-state index is 0.541. The van der Waals surface area contributed by atoms with Gasteiger partial charge in [0, 0.05) is 27.5 Å². The van der Waals surface area contributed by atoms with Crippen molar-refractivity contribution in [2.45, 2.75) is 23.3 Å². The van der Waals surface area contributed by atoms with Crippen molar-refractivity contribution in [1.82, 2.24) is 5.32 Å². The predicted molar refractivity (Wildman–Crippen MR) is 80.8 cm³/mol. The molecule has 2 atom stereocenters. The number of hydrogen-bond acceptors (Lipinski definition) is 3. The maximum absolute atomic E-state index is 3.52. The summed E-state index contributed by atoms with van der Waals surface area (Å²) in [7, 11) is 2.09. The molecule has 2 heterocycles. The van der Waals surface area contributed by atoms with Crippen molar-refractivity contribution in [2.75, 3.05) is 12.8 Å². The summed E-state index contributed by atoms with van der Waals surface area (Å²) in [5.41, 5.74) is 1.53. The van der Waals surface area contributed by atoms with Gasteiger partial charge >= 0.3 is 0 Å². The van der Waals surface area contributed by atoms with E-state index in [-0.39, 0.29) is 0 Å². The Hall–Kier alpha value is -0.770. The molecule has 1 aromatic heterocycles. The van der Waals surface area contributed by atoms with Gasteiger partial charge < -0.3 is 5.32 Å². The Morgan fingerprint density at radius 2 is 2.17 bits per heavy atom. The van der Waals surface area contributed by atoms with Crippen molar-refractivity contribution in [1.29, 1.82) is 0 Å². The quantitative estimate of drug-likeness (QED) is 0.911. The second kappa shape index (κ2) is 5.47. The third kappa shape index (κ3) is 2.35. The Labute approximate surface area is 117 Å². The molecule has 1 nitrogen and oxygen atoms in total. The number of thiophene rings is 1. The summed E-state index contributed by atoms with van der Waals surface area (Å²) in [6.07, 6.45) is 1.13. The highest BCUT2D eigenvalue weighted by Crippen LogP contribution is 2.41. The topological polar surface area (TPSA) is 12.0 Å². The minimum Gasteiger partial charge on any atom is -0.316 e. The fourth-order valence-corrected chi connectivity index (χ4v) is 4.71. The monoisotopic (exact) mass is 275 g/mol. The molecule has 2 aromatic rings. The summed E-state index contributed by atoms with van der Waals surface area (Å²) in [5, 5.41) is 5.68. The van der Waals surface area contributed by atoms with Crippen molar-refractivity contribution in [2.24, 2.45) is 0 Å². The van der Waals surface area contributed by atoms with Crippen LogP contribution < -0.4 is 5.32 Å². The van der Waals surface area contributed by atoms with Gasteiger partial charge in [-0.3, -0.25) is 0 Å². The molecule has 3 heteroatoms. The summed E-state index contributed by atoms with van der Waals surface area (Å²) in [6.45, 7) is 0. The average molecular weight is 275 g/mol. The van der Waals surface area contributed by atoms with Gasteiger partial charge in [0.25, 0.3) is 0 Å². The van der Waals surface area contributed by atoms with Crippen LogP contribution >= 0.6 is 23.1 Å². The number of benzene rings is 1. The molecule has 0 aliphatic carbocycles. The molecule has 0 saturated heterocycles. The second-order valence-electron chi connectivity index (χ2n) is 4.63. The van der Waals surface area contributed by atoms with Crippen molar-refractivity contribution >= 4 is 23.1 Å². The lowest BCUT2D eigenvalue weighted by Crippen LogP contribution is -2.34. The van der Waals surface area contributed by atoms with Crippen LogP contribution in [0.25, 0.3) is 0 Å². The standard InChI is InChI=1S/C15H17NS2/c1-16-14(9-11-5-4-8-17-11)13-10-18-15-7-3-2-6-12(13)15/h2-8,13-14,16H,9-10H2,1H3. The number of likely N-dealkylation sites (N-methyl/N-ethyl adjacent to an activating group) is 1. The van der Waals surface area contributed by atoms with E-state index in [2.05, 4.69) is 54.1 Å². The lowest BCUT2D eigenvalue weighted by molar-refractivity contribution is 0.492. The van der Waals surface area contributed by atoms with Crippen molar-refractivity contribution < 1.29 is 0 Å². The van der Waals surface area contributed by atoms with Gasteiger partial charge in [-0.1, -0.05) is 24.3 Å². The van der Waals surface area contributed by atoms with Gasteiger partial charge in [0.2, 0.25) is 0 Å². The van der Waals surface area contributed by atoms with Crippen LogP contribution in [-0.4, -0.2) is 18.8 Å². The van der Waals surface area contributed by atoms with E-state index in [1.54, 1.807) is 0 Å². The molecule has 0 bridgehead atoms. The summed E-state index contributed by atoms with van der Waals surface area (Å²) in [6, 6.07) is 13.8. The van der Waals surface area contributed by atoms with Gasteiger partial charge in [-0.15, -0.1) is 23.1 Å². The third-order valence-electron chi connectivity index (χ3n) is 3.59. The molecule has 18 heavy (non-hydrogen) atoms. The molecular formula is C15H17NS2. The van der Waals surface area contributed by atoms with Crippen LogP contribution in [0.4, 0.5) is 0 Å². The molecule has 2 unspecified atom stereocenters. The SMILES string of the molecule is CNC(Cc1cccs1)C1CSc2ccccc21. The number of fused-ring (bicyclic) bond motifs is 1. The molecule has 0 amide bonds. The second-order valence-corrected chi connectivity index (χ2v) is 6.73. The Kier molecular flexibility index (Phi) is 3.73. The fourth-order valence-electron chi connectivity index (χ4n) is 2.61. The number of rotatable bonds is 4. The number of hydrogen-bond donors (Lipinski definition) is 1. The van der Waals surface area contributed by atoms with Crippen LogP contribution in [-0.2, 0) is 6.42 Å². The van der Waals surface area contributed by atoms with Gasteiger partial charge in [0.15, 0.2) is 0 Å². The van der Waals surface area contributed by atoms with E-state index in [4.69, 9.17) is 0 Å². The van der Waals surface area contributed by atoms with E-state index in [1.165, 1.54) is 21.1 Å². The Balaban J connectivity index is 1.81. The summed E-state index contributed by atoms with van der Waals surface area (Å²) >= 11 is 3.86. The zero-order valence-corrected chi connectivity index (χ0v) is 12.1. The van der Waals surface area contributed by atoms with Crippen LogP contribution in [0.3, 0.4) is 0 Å². The predicted octanol–water partition coefficient (Wildman–Crippen LogP) is 3.77. The maximum Gasteiger partial charge on any atom is 0.0189 e. The molecule has 1 N–H and O–H groups in total. The van der Waals surface area contributed by atoms with Crippen LogP contribution in [0.15, 0.2) is 46.7 Å². The van der Waals surface area contributed by atoms with Gasteiger partial charge in [0.1, 0.15) is 0 Å². The van der Waals surface area contributed by atoms with Crippen molar-refractivity contribution in [3.8, 4) is 0 Å². The highest BCUT2D eigenvalue weighted by molar-refractivity contribution is 7.99. The van der Waals surface area contributed by atoms with Crippen LogP contribution in [0.5, 0.6) is 0 Å². The lowest BCUT2D eigenvalue weighted by atomic mass is 9.91. The highest BCUT2D eigenvalue weighted by Gasteiger charge is 2.29. The van der Waals surface area contributed by atoms with Gasteiger partial charge in [0.05, 0.1) is 0 Å². The largest absolute Gasteiger partial charge is 0.316 e. The van der Waals surface area contributed by atoms with E-state index in [1.807, 2.05) is 23.1 Å². The summed E-state index contributed by atoms with van der Waals surface area (Å²) in [5.74, 6) is 1.84. The molecule has 0 radical (unpaired) electrons. The first-order valence-electron chi connectivity index (χ1n) is 6.30. The Bertz CT molecular complexity index is 507. The molecule has 1 aliphatic rings. The van der Waals surface area contributed by atoms with Gasteiger partial charge in [-0.2, -0.15) is 0 Å². The highest BCUT2D eigenvalue weighted by atomic mass is 32.2. The molecular weight excluding hydrogens is 258 g/mol. The molecule has 1 aliphatic heterocycles. The first-order chi connectivity index (χ1) is 8.88. The molecule has 0 spiro atoms. The van der Waals surface area contributed by atoms with E-state index in [9.17, 15) is 0 Å². The summed E-state index contributed by atoms with van der Waals surface area (Å²) in [4.78, 5) is 2.94. The smallest absolute Gasteiger partial charge is 0.0189 e. The van der Waals surface area contributed by atoms with E-state index in [0.717, 1.165) is 6.42 Å². The average Bonchev–Trinajstić information content (AvgIpc) is 3.05. The Morgan fingerprint density at radius 3 is 2.94 bits per heavy atom. The molecule has 1 aromatic carbocycles. The number of nitrogens with one attached hydrogen (secondary N) is 1. The summed E-state index contributed by atoms with van der Waals surface area (Å²) < 4.78 is 0. The zero-order valence-electron chi connectivity index (χ0n) is 10.4. The third-order valence-corrected chi connectivity index (χ3v) is 5.70. The molecule has 3 rings (SSSR count). The fraction of sp³-hybridized carbons (Fsp3) is 0.333. The Morgan fingerprint density at radius 1 is 1.28 bits per heavy atom. The zero-order chi connectivity index (χ0) is 12.4. The van der Waals surface area contributed by atoms with Crippen molar-refractivity contribution in [3.05, 3.63) is 52.2 Å². The van der Waals surface area contributed by atoms with Crippen LogP contribution in [0, 0.1) is 0 Å². The van der Waals surface area contributed by atoms with E-state index < -0.39 is 0 Å². The van der Waals surface area contributed by atoms with Gasteiger partial charge in [-0.25, -0.2) is 0 Å². The van der Waals surface area contributed by atoms with E-state index in [0.29, 0.717) is 12.0 Å². The van der Waals surface area contributed by atoms with Gasteiger partial charge in [-0.05, 0) is 36.5 Å². The van der Waals surface area contributed by atoms with Crippen molar-refractivity contribution in [3.63, 3.8) is 0 Å². The van der Waals surface area contributed by atoms with Crippen LogP contribution in [0.1, 0.15) is 16.4 Å². The molecule has 94 valence electrons. The first kappa shape index (κ1) is 12.3.